The molecule has 6 heteroatoms. The second-order valence-electron chi connectivity index (χ2n) is 2.86. The number of ether oxygens (including phenoxy) is 1. The van der Waals surface area contributed by atoms with Gasteiger partial charge in [0.15, 0.2) is 5.75 Å². The van der Waals surface area contributed by atoms with E-state index in [0.29, 0.717) is 10.8 Å². The Morgan fingerprint density at radius 1 is 1.25 bits per heavy atom. The molecular formula is C10H5BrClIN2O. The van der Waals surface area contributed by atoms with Gasteiger partial charge in [-0.3, -0.25) is 0 Å². The van der Waals surface area contributed by atoms with Crippen LogP contribution in [0.15, 0.2) is 35.1 Å². The van der Waals surface area contributed by atoms with Gasteiger partial charge < -0.3 is 4.74 Å². The minimum atomic E-state index is 0.278. The van der Waals surface area contributed by atoms with Crippen LogP contribution in [0.25, 0.3) is 0 Å². The zero-order valence-corrected chi connectivity index (χ0v) is 12.3. The average Bonchev–Trinajstić information content (AvgIpc) is 2.27. The largest absolute Gasteiger partial charge is 0.423 e. The minimum Gasteiger partial charge on any atom is -0.423 e. The molecule has 0 spiro atoms. The number of hydrogen-bond donors (Lipinski definition) is 0. The predicted octanol–water partition coefficient (Wildman–Crippen LogP) is 4.29. The van der Waals surface area contributed by atoms with Crippen LogP contribution >= 0.6 is 50.1 Å². The standard InChI is InChI=1S/C10H5BrClIN2O/c11-6-1-2-8(12)9(3-6)16-10-14-4-7(13)5-15-10/h1-5H. The summed E-state index contributed by atoms with van der Waals surface area (Å²) in [5.74, 6) is 0.525. The van der Waals surface area contributed by atoms with Crippen LogP contribution in [0.5, 0.6) is 11.8 Å². The van der Waals surface area contributed by atoms with Crippen LogP contribution in [0.4, 0.5) is 0 Å². The lowest BCUT2D eigenvalue weighted by atomic mass is 10.3. The van der Waals surface area contributed by atoms with E-state index >= 15 is 0 Å². The van der Waals surface area contributed by atoms with Crippen LogP contribution in [0.2, 0.25) is 5.02 Å². The highest BCUT2D eigenvalue weighted by molar-refractivity contribution is 14.1. The van der Waals surface area contributed by atoms with Crippen molar-refractivity contribution in [3.05, 3.63) is 43.7 Å². The summed E-state index contributed by atoms with van der Waals surface area (Å²) in [6.07, 6.45) is 3.35. The zero-order chi connectivity index (χ0) is 11.5. The van der Waals surface area contributed by atoms with Gasteiger partial charge in [0.25, 0.3) is 0 Å². The van der Waals surface area contributed by atoms with Gasteiger partial charge in [-0.2, -0.15) is 0 Å². The molecule has 0 aliphatic carbocycles. The second-order valence-corrected chi connectivity index (χ2v) is 5.43. The van der Waals surface area contributed by atoms with Crippen molar-refractivity contribution in [2.24, 2.45) is 0 Å². The van der Waals surface area contributed by atoms with E-state index in [0.717, 1.165) is 8.04 Å². The Hall–Kier alpha value is -0.400. The molecule has 0 saturated heterocycles. The molecule has 0 aliphatic heterocycles. The summed E-state index contributed by atoms with van der Waals surface area (Å²) in [6, 6.07) is 5.63. The van der Waals surface area contributed by atoms with Crippen LogP contribution in [0.1, 0.15) is 0 Å². The van der Waals surface area contributed by atoms with Gasteiger partial charge in [-0.05, 0) is 40.8 Å². The second kappa shape index (κ2) is 5.29. The summed E-state index contributed by atoms with van der Waals surface area (Å²) < 4.78 is 7.29. The summed E-state index contributed by atoms with van der Waals surface area (Å²) in [4.78, 5) is 8.06. The van der Waals surface area contributed by atoms with E-state index in [2.05, 4.69) is 48.5 Å². The van der Waals surface area contributed by atoms with E-state index < -0.39 is 0 Å². The van der Waals surface area contributed by atoms with Gasteiger partial charge in [0, 0.05) is 20.4 Å². The van der Waals surface area contributed by atoms with Crippen molar-refractivity contribution in [2.75, 3.05) is 0 Å². The molecule has 2 rings (SSSR count). The third kappa shape index (κ3) is 3.05. The van der Waals surface area contributed by atoms with Crippen LogP contribution in [0.3, 0.4) is 0 Å². The van der Waals surface area contributed by atoms with E-state index in [4.69, 9.17) is 16.3 Å². The van der Waals surface area contributed by atoms with Gasteiger partial charge in [-0.1, -0.05) is 27.5 Å². The first-order chi connectivity index (χ1) is 7.65. The lowest BCUT2D eigenvalue weighted by molar-refractivity contribution is 0.441. The van der Waals surface area contributed by atoms with Gasteiger partial charge in [0.1, 0.15) is 0 Å². The van der Waals surface area contributed by atoms with Gasteiger partial charge >= 0.3 is 6.01 Å². The SMILES string of the molecule is Clc1ccc(Br)cc1Oc1ncc(I)cn1. The molecule has 0 fully saturated rings. The van der Waals surface area contributed by atoms with E-state index in [-0.39, 0.29) is 6.01 Å². The molecule has 0 amide bonds. The molecule has 1 aromatic heterocycles. The molecule has 16 heavy (non-hydrogen) atoms. The quantitative estimate of drug-likeness (QED) is 0.692. The fraction of sp³-hybridized carbons (Fsp3) is 0. The number of hydrogen-bond acceptors (Lipinski definition) is 3. The highest BCUT2D eigenvalue weighted by atomic mass is 127. The number of nitrogens with zero attached hydrogens (tertiary/aromatic N) is 2. The molecule has 0 bridgehead atoms. The van der Waals surface area contributed by atoms with E-state index in [1.165, 1.54) is 0 Å². The molecule has 0 aliphatic rings. The Kier molecular flexibility index (Phi) is 3.99. The Morgan fingerprint density at radius 3 is 2.62 bits per heavy atom. The summed E-state index contributed by atoms with van der Waals surface area (Å²) >= 11 is 11.4. The minimum absolute atomic E-state index is 0.278. The third-order valence-corrected chi connectivity index (χ3v) is 3.05. The van der Waals surface area contributed by atoms with Crippen LogP contribution < -0.4 is 4.74 Å². The molecule has 1 aromatic carbocycles. The van der Waals surface area contributed by atoms with Crippen molar-refractivity contribution in [3.63, 3.8) is 0 Å². The van der Waals surface area contributed by atoms with Crippen molar-refractivity contribution < 1.29 is 4.74 Å². The fourth-order valence-electron chi connectivity index (χ4n) is 1.01. The maximum atomic E-state index is 5.97. The van der Waals surface area contributed by atoms with E-state index in [9.17, 15) is 0 Å². The Labute approximate surface area is 119 Å². The molecule has 82 valence electrons. The Bertz CT molecular complexity index is 507. The monoisotopic (exact) mass is 410 g/mol. The van der Waals surface area contributed by atoms with Crippen molar-refractivity contribution in [1.29, 1.82) is 0 Å². The van der Waals surface area contributed by atoms with E-state index in [1.54, 1.807) is 24.5 Å². The summed E-state index contributed by atoms with van der Waals surface area (Å²) in [5, 5.41) is 0.519. The van der Waals surface area contributed by atoms with E-state index in [1.807, 2.05) is 6.07 Å². The topological polar surface area (TPSA) is 35.0 Å². The summed E-state index contributed by atoms with van der Waals surface area (Å²) in [6.45, 7) is 0. The molecular weight excluding hydrogens is 406 g/mol. The summed E-state index contributed by atoms with van der Waals surface area (Å²) in [7, 11) is 0. The fourth-order valence-corrected chi connectivity index (χ4v) is 1.78. The maximum Gasteiger partial charge on any atom is 0.321 e. The first-order valence-corrected chi connectivity index (χ1v) is 6.50. The number of benzene rings is 1. The number of rotatable bonds is 2. The van der Waals surface area contributed by atoms with Crippen LogP contribution in [-0.2, 0) is 0 Å². The van der Waals surface area contributed by atoms with Crippen molar-refractivity contribution in [1.82, 2.24) is 9.97 Å². The molecule has 0 saturated carbocycles. The highest BCUT2D eigenvalue weighted by Crippen LogP contribution is 2.30. The smallest absolute Gasteiger partial charge is 0.321 e. The first-order valence-electron chi connectivity index (χ1n) is 4.25. The van der Waals surface area contributed by atoms with Gasteiger partial charge in [0.2, 0.25) is 0 Å². The Balaban J connectivity index is 2.26. The zero-order valence-electron chi connectivity index (χ0n) is 7.82. The van der Waals surface area contributed by atoms with Gasteiger partial charge in [0.05, 0.1) is 5.02 Å². The lowest BCUT2D eigenvalue weighted by Crippen LogP contribution is -1.92. The predicted molar refractivity (Wildman–Crippen MR) is 74.0 cm³/mol. The molecule has 0 N–H and O–H groups in total. The number of aromatic nitrogens is 2. The van der Waals surface area contributed by atoms with Gasteiger partial charge in [-0.25, -0.2) is 9.97 Å². The van der Waals surface area contributed by atoms with Crippen LogP contribution in [0, 0.1) is 3.57 Å². The van der Waals surface area contributed by atoms with Crippen molar-refractivity contribution in [3.8, 4) is 11.8 Å². The normalized spacial score (nSPS) is 10.2. The molecule has 3 nitrogen and oxygen atoms in total. The van der Waals surface area contributed by atoms with Gasteiger partial charge in [-0.15, -0.1) is 0 Å². The molecule has 2 aromatic rings. The maximum absolute atomic E-state index is 5.97. The van der Waals surface area contributed by atoms with Crippen LogP contribution in [-0.4, -0.2) is 9.97 Å². The third-order valence-electron chi connectivity index (χ3n) is 1.69. The van der Waals surface area contributed by atoms with Crippen molar-refractivity contribution >= 4 is 50.1 Å². The first kappa shape index (κ1) is 12.1. The van der Waals surface area contributed by atoms with Crippen molar-refractivity contribution in [2.45, 2.75) is 0 Å². The average molecular weight is 411 g/mol. The molecule has 0 radical (unpaired) electrons. The lowest BCUT2D eigenvalue weighted by Gasteiger charge is -2.05. The molecule has 0 atom stereocenters. The molecule has 0 unspecified atom stereocenters. The summed E-state index contributed by atoms with van der Waals surface area (Å²) in [5.41, 5.74) is 0. The number of halogens is 3. The Morgan fingerprint density at radius 2 is 1.94 bits per heavy atom. The highest BCUT2D eigenvalue weighted by Gasteiger charge is 2.05. The molecule has 1 heterocycles.